The minimum absolute atomic E-state index is 0.0854. The van der Waals surface area contributed by atoms with Crippen LogP contribution in [0.15, 0.2) is 18.2 Å². The monoisotopic (exact) mass is 274 g/mol. The van der Waals surface area contributed by atoms with Gasteiger partial charge in [0, 0.05) is 24.9 Å². The van der Waals surface area contributed by atoms with E-state index in [9.17, 15) is 14.7 Å². The lowest BCUT2D eigenvalue weighted by molar-refractivity contribution is -0.120. The molecule has 0 aromatic heterocycles. The predicted molar refractivity (Wildman–Crippen MR) is 74.9 cm³/mol. The fourth-order valence-corrected chi connectivity index (χ4v) is 3.18. The van der Waals surface area contributed by atoms with Crippen LogP contribution in [0.2, 0.25) is 0 Å². The van der Waals surface area contributed by atoms with Crippen molar-refractivity contribution in [1.82, 2.24) is 4.90 Å². The summed E-state index contributed by atoms with van der Waals surface area (Å²) in [6, 6.07) is 5.92. The van der Waals surface area contributed by atoms with Crippen molar-refractivity contribution >= 4 is 17.7 Å². The molecule has 3 rings (SSSR count). The molecule has 0 radical (unpaired) electrons. The van der Waals surface area contributed by atoms with Crippen LogP contribution < -0.4 is 4.90 Å². The molecule has 20 heavy (non-hydrogen) atoms. The van der Waals surface area contributed by atoms with Gasteiger partial charge in [0.05, 0.1) is 12.2 Å². The Morgan fingerprint density at radius 2 is 2.05 bits per heavy atom. The average Bonchev–Trinajstić information content (AvgIpc) is 2.55. The number of rotatable bonds is 0. The lowest BCUT2D eigenvalue weighted by atomic mass is 9.76. The van der Waals surface area contributed by atoms with Crippen molar-refractivity contribution in [2.45, 2.75) is 32.2 Å². The highest BCUT2D eigenvalue weighted by Crippen LogP contribution is 2.43. The van der Waals surface area contributed by atoms with Gasteiger partial charge in [-0.25, -0.2) is 4.79 Å². The van der Waals surface area contributed by atoms with Gasteiger partial charge in [-0.2, -0.15) is 0 Å². The van der Waals surface area contributed by atoms with Crippen molar-refractivity contribution in [1.29, 1.82) is 0 Å². The molecule has 0 atom stereocenters. The second kappa shape index (κ2) is 4.23. The van der Waals surface area contributed by atoms with Gasteiger partial charge in [0.15, 0.2) is 0 Å². The van der Waals surface area contributed by atoms with Crippen LogP contribution in [0.1, 0.15) is 31.4 Å². The molecule has 2 heterocycles. The molecule has 0 fully saturated rings. The van der Waals surface area contributed by atoms with Gasteiger partial charge in [-0.15, -0.1) is 0 Å². The molecule has 1 N–H and O–H groups in total. The number of nitrogens with zero attached hydrogens (tertiary/aromatic N) is 2. The van der Waals surface area contributed by atoms with E-state index in [2.05, 4.69) is 19.9 Å². The Morgan fingerprint density at radius 3 is 2.75 bits per heavy atom. The molecular formula is C15H18N2O3. The molecule has 0 aliphatic carbocycles. The number of carbonyl (C=O) groups excluding carboxylic acids is 1. The molecular weight excluding hydrogens is 256 g/mol. The van der Waals surface area contributed by atoms with E-state index in [1.807, 2.05) is 12.1 Å². The minimum atomic E-state index is -0.936. The van der Waals surface area contributed by atoms with Gasteiger partial charge in [0.25, 0.3) is 0 Å². The van der Waals surface area contributed by atoms with E-state index < -0.39 is 6.09 Å². The van der Waals surface area contributed by atoms with Crippen molar-refractivity contribution in [3.8, 4) is 0 Å². The fourth-order valence-electron chi connectivity index (χ4n) is 3.18. The number of para-hydroxylation sites is 1. The van der Waals surface area contributed by atoms with Gasteiger partial charge >= 0.3 is 6.09 Å². The SMILES string of the molecule is CC1(C)CC(=O)N2CCN(C(=O)O)Cc3cccc1c32. The van der Waals surface area contributed by atoms with E-state index in [1.54, 1.807) is 4.90 Å². The molecule has 2 aliphatic rings. The first-order chi connectivity index (χ1) is 9.40. The molecule has 0 saturated heterocycles. The summed E-state index contributed by atoms with van der Waals surface area (Å²) in [5, 5.41) is 9.22. The summed E-state index contributed by atoms with van der Waals surface area (Å²) in [6.45, 7) is 5.27. The van der Waals surface area contributed by atoms with Gasteiger partial charge in [-0.05, 0) is 11.1 Å². The zero-order valence-electron chi connectivity index (χ0n) is 11.7. The van der Waals surface area contributed by atoms with Gasteiger partial charge in [0.1, 0.15) is 0 Å². The molecule has 1 aromatic rings. The molecule has 0 saturated carbocycles. The molecule has 5 heteroatoms. The van der Waals surface area contributed by atoms with Crippen molar-refractivity contribution in [2.24, 2.45) is 0 Å². The normalized spacial score (nSPS) is 20.4. The number of hydrogen-bond acceptors (Lipinski definition) is 2. The van der Waals surface area contributed by atoms with E-state index >= 15 is 0 Å². The summed E-state index contributed by atoms with van der Waals surface area (Å²) >= 11 is 0. The van der Waals surface area contributed by atoms with Crippen LogP contribution >= 0.6 is 0 Å². The van der Waals surface area contributed by atoms with Crippen molar-refractivity contribution in [3.63, 3.8) is 0 Å². The highest BCUT2D eigenvalue weighted by atomic mass is 16.4. The van der Waals surface area contributed by atoms with Crippen LogP contribution in [0.3, 0.4) is 0 Å². The Balaban J connectivity index is 2.16. The van der Waals surface area contributed by atoms with Crippen molar-refractivity contribution < 1.29 is 14.7 Å². The first kappa shape index (κ1) is 13.0. The topological polar surface area (TPSA) is 60.9 Å². The van der Waals surface area contributed by atoms with Gasteiger partial charge in [-0.1, -0.05) is 32.0 Å². The average molecular weight is 274 g/mol. The van der Waals surface area contributed by atoms with E-state index in [-0.39, 0.29) is 11.3 Å². The molecule has 5 nitrogen and oxygen atoms in total. The van der Waals surface area contributed by atoms with Crippen LogP contribution in [0.5, 0.6) is 0 Å². The number of amides is 2. The van der Waals surface area contributed by atoms with Crippen molar-refractivity contribution in [2.75, 3.05) is 18.0 Å². The summed E-state index contributed by atoms with van der Waals surface area (Å²) in [6.07, 6.45) is -0.467. The van der Waals surface area contributed by atoms with Crippen LogP contribution in [-0.4, -0.2) is 35.1 Å². The number of carboxylic acid groups (broad SMARTS) is 1. The quantitative estimate of drug-likeness (QED) is 0.789. The van der Waals surface area contributed by atoms with Gasteiger partial charge < -0.3 is 14.9 Å². The summed E-state index contributed by atoms with van der Waals surface area (Å²) in [4.78, 5) is 26.8. The lowest BCUT2D eigenvalue weighted by Crippen LogP contribution is -2.44. The highest BCUT2D eigenvalue weighted by molar-refractivity contribution is 5.99. The third kappa shape index (κ3) is 1.85. The maximum atomic E-state index is 12.4. The van der Waals surface area contributed by atoms with Gasteiger partial charge in [0.2, 0.25) is 5.91 Å². The third-order valence-electron chi connectivity index (χ3n) is 4.24. The van der Waals surface area contributed by atoms with Crippen molar-refractivity contribution in [3.05, 3.63) is 29.3 Å². The summed E-state index contributed by atoms with van der Waals surface area (Å²) in [5.41, 5.74) is 2.79. The molecule has 2 amide bonds. The number of anilines is 1. The standard InChI is InChI=1S/C15H18N2O3/c1-15(2)8-12(18)17-7-6-16(14(19)20)9-10-4-3-5-11(15)13(10)17/h3-5H,6-9H2,1-2H3,(H,19,20). The molecule has 2 aliphatic heterocycles. The molecule has 0 unspecified atom stereocenters. The summed E-state index contributed by atoms with van der Waals surface area (Å²) < 4.78 is 0. The first-order valence-electron chi connectivity index (χ1n) is 6.81. The van der Waals surface area contributed by atoms with E-state index in [0.29, 0.717) is 26.1 Å². The molecule has 0 spiro atoms. The summed E-state index contributed by atoms with van der Waals surface area (Å²) in [7, 11) is 0. The number of carbonyl (C=O) groups is 2. The van der Waals surface area contributed by atoms with Crippen LogP contribution in [-0.2, 0) is 16.8 Å². The highest BCUT2D eigenvalue weighted by Gasteiger charge is 2.39. The first-order valence-corrected chi connectivity index (χ1v) is 6.81. The Morgan fingerprint density at radius 1 is 1.30 bits per heavy atom. The lowest BCUT2D eigenvalue weighted by Gasteiger charge is -2.38. The molecule has 106 valence electrons. The molecule has 1 aromatic carbocycles. The Kier molecular flexibility index (Phi) is 2.74. The largest absolute Gasteiger partial charge is 0.465 e. The maximum Gasteiger partial charge on any atom is 0.407 e. The Hall–Kier alpha value is -2.04. The Bertz CT molecular complexity index is 595. The second-order valence-corrected chi connectivity index (χ2v) is 6.12. The Labute approximate surface area is 117 Å². The third-order valence-corrected chi connectivity index (χ3v) is 4.24. The summed E-state index contributed by atoms with van der Waals surface area (Å²) in [5.74, 6) is 0.0854. The van der Waals surface area contributed by atoms with E-state index in [4.69, 9.17) is 0 Å². The van der Waals surface area contributed by atoms with E-state index in [0.717, 1.165) is 16.8 Å². The van der Waals surface area contributed by atoms with E-state index in [1.165, 1.54) is 4.90 Å². The second-order valence-electron chi connectivity index (χ2n) is 6.12. The fraction of sp³-hybridized carbons (Fsp3) is 0.467. The number of benzene rings is 1. The zero-order chi connectivity index (χ0) is 14.5. The predicted octanol–water partition coefficient (Wildman–Crippen LogP) is 2.19. The molecule has 0 bridgehead atoms. The minimum Gasteiger partial charge on any atom is -0.465 e. The number of hydrogen-bond donors (Lipinski definition) is 1. The smallest absolute Gasteiger partial charge is 0.407 e. The maximum absolute atomic E-state index is 12.4. The van der Waals surface area contributed by atoms with Crippen LogP contribution in [0.4, 0.5) is 10.5 Å². The van der Waals surface area contributed by atoms with Crippen LogP contribution in [0.25, 0.3) is 0 Å². The zero-order valence-corrected chi connectivity index (χ0v) is 11.7. The van der Waals surface area contributed by atoms with Gasteiger partial charge in [-0.3, -0.25) is 4.79 Å². The van der Waals surface area contributed by atoms with Crippen LogP contribution in [0, 0.1) is 0 Å².